The Morgan fingerprint density at radius 3 is 2.33 bits per heavy atom. The van der Waals surface area contributed by atoms with Gasteiger partial charge in [-0.15, -0.1) is 0 Å². The maximum atomic E-state index is 12.4. The molecule has 1 aromatic rings. The lowest BCUT2D eigenvalue weighted by Crippen LogP contribution is -2.34. The first-order chi connectivity index (χ1) is 8.69. The summed E-state index contributed by atoms with van der Waals surface area (Å²) in [5.74, 6) is -0.444. The minimum atomic E-state index is -0.463. The van der Waals surface area contributed by atoms with E-state index in [4.69, 9.17) is 0 Å². The van der Waals surface area contributed by atoms with Crippen molar-refractivity contribution in [3.8, 4) is 0 Å². The van der Waals surface area contributed by atoms with Gasteiger partial charge in [0.1, 0.15) is 6.42 Å². The van der Waals surface area contributed by atoms with E-state index in [0.29, 0.717) is 0 Å². The minimum absolute atomic E-state index is 0.00181. The van der Waals surface area contributed by atoms with Crippen LogP contribution < -0.4 is 0 Å². The van der Waals surface area contributed by atoms with E-state index in [1.54, 1.807) is 0 Å². The van der Waals surface area contributed by atoms with Gasteiger partial charge < -0.3 is 4.74 Å². The van der Waals surface area contributed by atoms with Gasteiger partial charge in [-0.25, -0.2) is 0 Å². The number of rotatable bonds is 4. The van der Waals surface area contributed by atoms with E-state index in [0.717, 1.165) is 31.2 Å². The summed E-state index contributed by atoms with van der Waals surface area (Å²) >= 11 is 0. The Morgan fingerprint density at radius 1 is 1.17 bits per heavy atom. The van der Waals surface area contributed by atoms with E-state index < -0.39 is 11.4 Å². The van der Waals surface area contributed by atoms with Gasteiger partial charge in [0.25, 0.3) is 0 Å². The number of carbonyl (C=O) groups excluding carboxylic acids is 2. The van der Waals surface area contributed by atoms with Gasteiger partial charge in [0.15, 0.2) is 5.78 Å². The minimum Gasteiger partial charge on any atom is -0.469 e. The molecule has 0 aliphatic heterocycles. The average Bonchev–Trinajstić information content (AvgIpc) is 2.90. The third kappa shape index (κ3) is 2.30. The number of methoxy groups -OCH3 is 1. The van der Waals surface area contributed by atoms with Gasteiger partial charge in [0.05, 0.1) is 12.5 Å². The highest BCUT2D eigenvalue weighted by Crippen LogP contribution is 2.42. The number of ether oxygens (including phenoxy) is 1. The number of benzene rings is 1. The average molecular weight is 246 g/mol. The zero-order valence-corrected chi connectivity index (χ0v) is 10.6. The maximum absolute atomic E-state index is 12.4. The molecule has 0 saturated heterocycles. The predicted molar refractivity (Wildman–Crippen MR) is 68.2 cm³/mol. The maximum Gasteiger partial charge on any atom is 0.313 e. The van der Waals surface area contributed by atoms with E-state index in [1.165, 1.54) is 7.11 Å². The van der Waals surface area contributed by atoms with Crippen molar-refractivity contribution in [2.24, 2.45) is 0 Å². The number of esters is 1. The molecule has 0 atom stereocenters. The molecular weight excluding hydrogens is 228 g/mol. The van der Waals surface area contributed by atoms with Gasteiger partial charge in [0, 0.05) is 0 Å². The van der Waals surface area contributed by atoms with Crippen LogP contribution in [0.1, 0.15) is 37.7 Å². The predicted octanol–water partition coefficient (Wildman–Crippen LogP) is 2.63. The van der Waals surface area contributed by atoms with Crippen LogP contribution in [-0.4, -0.2) is 18.9 Å². The van der Waals surface area contributed by atoms with Crippen LogP contribution in [0, 0.1) is 0 Å². The molecule has 96 valence electrons. The summed E-state index contributed by atoms with van der Waals surface area (Å²) in [6.07, 6.45) is 3.65. The molecule has 0 aromatic heterocycles. The van der Waals surface area contributed by atoms with Crippen LogP contribution >= 0.6 is 0 Å². The SMILES string of the molecule is COC(=O)CC(=O)C1(c2ccccc2)CCCC1. The van der Waals surface area contributed by atoms with Crippen LogP contribution in [0.2, 0.25) is 0 Å². The molecule has 1 aliphatic carbocycles. The smallest absolute Gasteiger partial charge is 0.313 e. The molecule has 1 saturated carbocycles. The first kappa shape index (κ1) is 12.8. The van der Waals surface area contributed by atoms with Gasteiger partial charge >= 0.3 is 5.97 Å². The molecule has 0 bridgehead atoms. The summed E-state index contributed by atoms with van der Waals surface area (Å²) in [5, 5.41) is 0. The molecule has 1 aliphatic rings. The standard InChI is InChI=1S/C15H18O3/c1-18-14(17)11-13(16)15(9-5-6-10-15)12-7-3-2-4-8-12/h2-4,7-8H,5-6,9-11H2,1H3. The van der Waals surface area contributed by atoms with Gasteiger partial charge in [0.2, 0.25) is 0 Å². The van der Waals surface area contributed by atoms with Crippen LogP contribution in [0.4, 0.5) is 0 Å². The van der Waals surface area contributed by atoms with Crippen molar-refractivity contribution >= 4 is 11.8 Å². The molecule has 1 fully saturated rings. The largest absolute Gasteiger partial charge is 0.469 e. The van der Waals surface area contributed by atoms with Crippen molar-refractivity contribution in [2.75, 3.05) is 7.11 Å². The Labute approximate surface area is 107 Å². The molecule has 3 nitrogen and oxygen atoms in total. The third-order valence-electron chi connectivity index (χ3n) is 3.85. The Bertz CT molecular complexity index is 430. The Morgan fingerprint density at radius 2 is 1.78 bits per heavy atom. The zero-order chi connectivity index (χ0) is 13.0. The summed E-state index contributed by atoms with van der Waals surface area (Å²) in [4.78, 5) is 23.7. The highest BCUT2D eigenvalue weighted by atomic mass is 16.5. The summed E-state index contributed by atoms with van der Waals surface area (Å²) in [6, 6.07) is 9.81. The first-order valence-corrected chi connectivity index (χ1v) is 6.35. The van der Waals surface area contributed by atoms with Crippen molar-refractivity contribution in [1.29, 1.82) is 0 Å². The van der Waals surface area contributed by atoms with Gasteiger partial charge in [-0.3, -0.25) is 9.59 Å². The normalized spacial score (nSPS) is 17.4. The second-order valence-corrected chi connectivity index (χ2v) is 4.83. The molecule has 3 heteroatoms. The second-order valence-electron chi connectivity index (χ2n) is 4.83. The van der Waals surface area contributed by atoms with Gasteiger partial charge in [-0.1, -0.05) is 43.2 Å². The molecule has 0 N–H and O–H groups in total. The van der Waals surface area contributed by atoms with Crippen LogP contribution in [0.5, 0.6) is 0 Å². The Hall–Kier alpha value is -1.64. The number of hydrogen-bond acceptors (Lipinski definition) is 3. The van der Waals surface area contributed by atoms with Crippen LogP contribution in [0.15, 0.2) is 30.3 Å². The van der Waals surface area contributed by atoms with E-state index in [9.17, 15) is 9.59 Å². The van der Waals surface area contributed by atoms with E-state index >= 15 is 0 Å². The lowest BCUT2D eigenvalue weighted by atomic mass is 9.74. The molecule has 0 heterocycles. The quantitative estimate of drug-likeness (QED) is 0.606. The molecule has 0 radical (unpaired) electrons. The Kier molecular flexibility index (Phi) is 3.80. The fraction of sp³-hybridized carbons (Fsp3) is 0.467. The molecule has 18 heavy (non-hydrogen) atoms. The second kappa shape index (κ2) is 5.34. The van der Waals surface area contributed by atoms with E-state index in [-0.39, 0.29) is 12.2 Å². The summed E-state index contributed by atoms with van der Waals surface area (Å²) < 4.78 is 4.60. The summed E-state index contributed by atoms with van der Waals surface area (Å²) in [5.41, 5.74) is 0.575. The molecule has 0 spiro atoms. The summed E-state index contributed by atoms with van der Waals surface area (Å²) in [6.45, 7) is 0. The van der Waals surface area contributed by atoms with Crippen molar-refractivity contribution in [1.82, 2.24) is 0 Å². The number of Topliss-reactive ketones (excluding diaryl/α,β-unsaturated/α-hetero) is 1. The lowest BCUT2D eigenvalue weighted by molar-refractivity contribution is -0.144. The number of hydrogen-bond donors (Lipinski definition) is 0. The van der Waals surface area contributed by atoms with Crippen molar-refractivity contribution in [3.05, 3.63) is 35.9 Å². The van der Waals surface area contributed by atoms with Crippen molar-refractivity contribution < 1.29 is 14.3 Å². The fourth-order valence-electron chi connectivity index (χ4n) is 2.84. The van der Waals surface area contributed by atoms with Crippen LogP contribution in [0.3, 0.4) is 0 Å². The molecule has 0 unspecified atom stereocenters. The van der Waals surface area contributed by atoms with Crippen molar-refractivity contribution in [2.45, 2.75) is 37.5 Å². The fourth-order valence-corrected chi connectivity index (χ4v) is 2.84. The third-order valence-corrected chi connectivity index (χ3v) is 3.85. The van der Waals surface area contributed by atoms with Crippen LogP contribution in [-0.2, 0) is 19.7 Å². The highest BCUT2D eigenvalue weighted by Gasteiger charge is 2.42. The molecular formula is C15H18O3. The van der Waals surface area contributed by atoms with Gasteiger partial charge in [-0.2, -0.15) is 0 Å². The first-order valence-electron chi connectivity index (χ1n) is 6.35. The lowest BCUT2D eigenvalue weighted by Gasteiger charge is -2.27. The van der Waals surface area contributed by atoms with E-state index in [1.807, 2.05) is 30.3 Å². The molecule has 0 amide bonds. The molecule has 2 rings (SSSR count). The highest BCUT2D eigenvalue weighted by molar-refractivity contribution is 6.01. The number of carbonyl (C=O) groups is 2. The molecule has 1 aromatic carbocycles. The number of ketones is 1. The van der Waals surface area contributed by atoms with Crippen molar-refractivity contribution in [3.63, 3.8) is 0 Å². The van der Waals surface area contributed by atoms with Crippen LogP contribution in [0.25, 0.3) is 0 Å². The monoisotopic (exact) mass is 246 g/mol. The van der Waals surface area contributed by atoms with E-state index in [2.05, 4.69) is 4.74 Å². The zero-order valence-electron chi connectivity index (χ0n) is 10.6. The Balaban J connectivity index is 2.28. The summed E-state index contributed by atoms with van der Waals surface area (Å²) in [7, 11) is 1.32. The van der Waals surface area contributed by atoms with Gasteiger partial charge in [-0.05, 0) is 18.4 Å². The topological polar surface area (TPSA) is 43.4 Å².